The molecule has 1 heterocycles. The molecule has 0 amide bonds. The summed E-state index contributed by atoms with van der Waals surface area (Å²) in [5.41, 5.74) is 0.926. The lowest BCUT2D eigenvalue weighted by atomic mass is 10.3. The largest absolute Gasteiger partial charge is 0.515 e. The third kappa shape index (κ3) is 1.04. The van der Waals surface area contributed by atoms with Gasteiger partial charge in [-0.25, -0.2) is 4.79 Å². The van der Waals surface area contributed by atoms with Crippen LogP contribution in [0.3, 0.4) is 0 Å². The Kier molecular flexibility index (Phi) is 1.42. The first-order chi connectivity index (χ1) is 4.24. The van der Waals surface area contributed by atoms with Gasteiger partial charge in [-0.05, 0) is 13.8 Å². The number of carbonyl (C=O) groups excluding carboxylic acids is 1. The molecular formula is C6H8O3. The highest BCUT2D eigenvalue weighted by Crippen LogP contribution is 2.17. The van der Waals surface area contributed by atoms with Crippen LogP contribution in [-0.2, 0) is 9.47 Å². The molecule has 3 nitrogen and oxygen atoms in total. The Bertz CT molecular complexity index is 152. The van der Waals surface area contributed by atoms with Crippen molar-refractivity contribution in [2.45, 2.75) is 20.1 Å². The van der Waals surface area contributed by atoms with Gasteiger partial charge >= 0.3 is 6.16 Å². The molecular weight excluding hydrogens is 120 g/mol. The smallest absolute Gasteiger partial charge is 0.389 e. The Morgan fingerprint density at radius 1 is 1.67 bits per heavy atom. The number of ether oxygens (including phenoxy) is 2. The summed E-state index contributed by atoms with van der Waals surface area (Å²) in [5.74, 6) is 0. The molecule has 0 unspecified atom stereocenters. The average Bonchev–Trinajstić information content (AvgIpc) is 1.79. The minimum Gasteiger partial charge on any atom is -0.389 e. The van der Waals surface area contributed by atoms with Crippen molar-refractivity contribution < 1.29 is 14.3 Å². The maximum Gasteiger partial charge on any atom is 0.515 e. The van der Waals surface area contributed by atoms with Gasteiger partial charge < -0.3 is 9.47 Å². The zero-order valence-electron chi connectivity index (χ0n) is 5.38. The van der Waals surface area contributed by atoms with E-state index in [0.717, 1.165) is 5.57 Å². The summed E-state index contributed by atoms with van der Waals surface area (Å²) in [7, 11) is 0. The lowest BCUT2D eigenvalue weighted by Crippen LogP contribution is -2.35. The molecule has 0 radical (unpaired) electrons. The van der Waals surface area contributed by atoms with Gasteiger partial charge in [-0.1, -0.05) is 6.08 Å². The molecule has 50 valence electrons. The number of hydrogen-bond donors (Lipinski definition) is 0. The second kappa shape index (κ2) is 2.09. The van der Waals surface area contributed by atoms with Gasteiger partial charge in [0.25, 0.3) is 6.29 Å². The summed E-state index contributed by atoms with van der Waals surface area (Å²) in [4.78, 5) is 10.1. The normalized spacial score (nSPS) is 20.2. The molecule has 0 aromatic rings. The van der Waals surface area contributed by atoms with Crippen molar-refractivity contribution in [3.63, 3.8) is 0 Å². The first-order valence-corrected chi connectivity index (χ1v) is 2.74. The van der Waals surface area contributed by atoms with Crippen LogP contribution >= 0.6 is 0 Å². The van der Waals surface area contributed by atoms with E-state index in [1.165, 1.54) is 0 Å². The topological polar surface area (TPSA) is 35.5 Å². The maximum atomic E-state index is 10.1. The van der Waals surface area contributed by atoms with Crippen molar-refractivity contribution in [3.8, 4) is 0 Å². The van der Waals surface area contributed by atoms with Crippen LogP contribution in [0, 0.1) is 0 Å². The molecule has 0 spiro atoms. The fourth-order valence-corrected chi connectivity index (χ4v) is 0.506. The maximum absolute atomic E-state index is 10.1. The van der Waals surface area contributed by atoms with E-state index in [2.05, 4.69) is 9.47 Å². The third-order valence-corrected chi connectivity index (χ3v) is 1.23. The Balaban J connectivity index is 2.40. The van der Waals surface area contributed by atoms with Crippen molar-refractivity contribution in [2.75, 3.05) is 0 Å². The molecule has 3 heteroatoms. The van der Waals surface area contributed by atoms with Crippen molar-refractivity contribution >= 4 is 6.16 Å². The van der Waals surface area contributed by atoms with Crippen LogP contribution in [0.25, 0.3) is 0 Å². The molecule has 0 atom stereocenters. The van der Waals surface area contributed by atoms with E-state index in [0.29, 0.717) is 0 Å². The summed E-state index contributed by atoms with van der Waals surface area (Å²) in [6.07, 6.45) is 0.848. The van der Waals surface area contributed by atoms with Gasteiger partial charge in [-0.15, -0.1) is 0 Å². The van der Waals surface area contributed by atoms with E-state index in [1.54, 1.807) is 0 Å². The Labute approximate surface area is 53.3 Å². The van der Waals surface area contributed by atoms with E-state index >= 15 is 0 Å². The second-order valence-corrected chi connectivity index (χ2v) is 1.85. The number of carbonyl (C=O) groups is 1. The minimum absolute atomic E-state index is 0.414. The third-order valence-electron chi connectivity index (χ3n) is 1.23. The first-order valence-electron chi connectivity index (χ1n) is 2.74. The molecule has 1 aliphatic heterocycles. The molecule has 1 saturated heterocycles. The predicted octanol–water partition coefficient (Wildman–Crippen LogP) is 1.45. The van der Waals surface area contributed by atoms with Crippen LogP contribution in [0.5, 0.6) is 0 Å². The summed E-state index contributed by atoms with van der Waals surface area (Å²) in [5, 5.41) is 0. The summed E-state index contributed by atoms with van der Waals surface area (Å²) in [6, 6.07) is 0. The average molecular weight is 128 g/mol. The number of rotatable bonds is 1. The monoisotopic (exact) mass is 128 g/mol. The quantitative estimate of drug-likeness (QED) is 0.396. The Morgan fingerprint density at radius 3 is 2.56 bits per heavy atom. The van der Waals surface area contributed by atoms with Crippen LogP contribution in [0.1, 0.15) is 13.8 Å². The van der Waals surface area contributed by atoms with Gasteiger partial charge in [0, 0.05) is 5.57 Å². The zero-order valence-corrected chi connectivity index (χ0v) is 5.38. The van der Waals surface area contributed by atoms with Gasteiger partial charge in [-0.3, -0.25) is 0 Å². The second-order valence-electron chi connectivity index (χ2n) is 1.85. The van der Waals surface area contributed by atoms with Crippen LogP contribution in [0.2, 0.25) is 0 Å². The van der Waals surface area contributed by atoms with Crippen LogP contribution < -0.4 is 0 Å². The van der Waals surface area contributed by atoms with Gasteiger partial charge in [-0.2, -0.15) is 0 Å². The van der Waals surface area contributed by atoms with E-state index in [1.807, 2.05) is 19.9 Å². The van der Waals surface area contributed by atoms with Crippen molar-refractivity contribution in [1.82, 2.24) is 0 Å². The molecule has 1 fully saturated rings. The van der Waals surface area contributed by atoms with E-state index in [-0.39, 0.29) is 0 Å². The van der Waals surface area contributed by atoms with Crippen LogP contribution in [-0.4, -0.2) is 12.4 Å². The van der Waals surface area contributed by atoms with Gasteiger partial charge in [0.1, 0.15) is 0 Å². The predicted molar refractivity (Wildman–Crippen MR) is 30.8 cm³/mol. The van der Waals surface area contributed by atoms with E-state index in [9.17, 15) is 4.79 Å². The SMILES string of the molecule is CC=C(C)C1OC(=O)O1. The first kappa shape index (κ1) is 6.13. The highest BCUT2D eigenvalue weighted by molar-refractivity contribution is 5.65. The Hall–Kier alpha value is -0.990. The molecule has 1 rings (SSSR count). The summed E-state index contributed by atoms with van der Waals surface area (Å²) in [6.45, 7) is 3.71. The molecule has 0 saturated carbocycles. The molecule has 9 heavy (non-hydrogen) atoms. The fraction of sp³-hybridized carbons (Fsp3) is 0.500. The molecule has 0 bridgehead atoms. The van der Waals surface area contributed by atoms with Gasteiger partial charge in [0.05, 0.1) is 0 Å². The van der Waals surface area contributed by atoms with Crippen LogP contribution in [0.4, 0.5) is 4.79 Å². The lowest BCUT2D eigenvalue weighted by molar-refractivity contribution is -0.160. The molecule has 1 aliphatic rings. The minimum atomic E-state index is -0.582. The van der Waals surface area contributed by atoms with E-state index < -0.39 is 12.4 Å². The van der Waals surface area contributed by atoms with Crippen molar-refractivity contribution in [1.29, 1.82) is 0 Å². The molecule has 0 aromatic carbocycles. The van der Waals surface area contributed by atoms with Gasteiger partial charge in [0.2, 0.25) is 0 Å². The highest BCUT2D eigenvalue weighted by Gasteiger charge is 2.30. The lowest BCUT2D eigenvalue weighted by Gasteiger charge is -2.25. The fourth-order valence-electron chi connectivity index (χ4n) is 0.506. The number of allylic oxidation sites excluding steroid dienone is 1. The summed E-state index contributed by atoms with van der Waals surface area (Å²) < 4.78 is 9.12. The molecule has 0 N–H and O–H groups in total. The highest BCUT2D eigenvalue weighted by atomic mass is 16.9. The summed E-state index contributed by atoms with van der Waals surface area (Å²) >= 11 is 0. The molecule has 0 aliphatic carbocycles. The van der Waals surface area contributed by atoms with Crippen molar-refractivity contribution in [3.05, 3.63) is 11.6 Å². The number of hydrogen-bond acceptors (Lipinski definition) is 3. The van der Waals surface area contributed by atoms with Gasteiger partial charge in [0.15, 0.2) is 0 Å². The Morgan fingerprint density at radius 2 is 2.22 bits per heavy atom. The van der Waals surface area contributed by atoms with Crippen LogP contribution in [0.15, 0.2) is 11.6 Å². The zero-order chi connectivity index (χ0) is 6.85. The van der Waals surface area contributed by atoms with Crippen molar-refractivity contribution in [2.24, 2.45) is 0 Å². The standard InChI is InChI=1S/C6H8O3/c1-3-4(2)5-8-6(7)9-5/h3,5H,1-2H3. The number of cyclic esters (lactones) is 2. The van der Waals surface area contributed by atoms with E-state index in [4.69, 9.17) is 0 Å². The molecule has 0 aromatic heterocycles.